The van der Waals surface area contributed by atoms with Crippen LogP contribution in [0.1, 0.15) is 21.5 Å². The van der Waals surface area contributed by atoms with E-state index < -0.39 is 15.9 Å². The molecule has 7 nitrogen and oxygen atoms in total. The zero-order chi connectivity index (χ0) is 20.2. The zero-order valence-corrected chi connectivity index (χ0v) is 16.6. The van der Waals surface area contributed by atoms with Crippen molar-refractivity contribution in [1.82, 2.24) is 9.62 Å². The van der Waals surface area contributed by atoms with Crippen molar-refractivity contribution in [2.75, 3.05) is 26.0 Å². The Balaban J connectivity index is 2.04. The quantitative estimate of drug-likeness (QED) is 0.789. The molecule has 2 aromatic carbocycles. The van der Waals surface area contributed by atoms with Gasteiger partial charge in [0.25, 0.3) is 5.91 Å². The second kappa shape index (κ2) is 8.32. The number of nitrogens with one attached hydrogen (secondary N) is 2. The van der Waals surface area contributed by atoms with Crippen molar-refractivity contribution >= 4 is 27.5 Å². The Kier molecular flexibility index (Phi) is 6.35. The molecule has 2 aromatic rings. The number of rotatable bonds is 6. The molecule has 2 rings (SSSR count). The van der Waals surface area contributed by atoms with E-state index in [1.807, 2.05) is 19.1 Å². The Morgan fingerprint density at radius 1 is 1.00 bits per heavy atom. The second-order valence-corrected chi connectivity index (χ2v) is 8.48. The summed E-state index contributed by atoms with van der Waals surface area (Å²) in [6.45, 7) is 3.38. The molecular formula is C19H23N3O4S. The van der Waals surface area contributed by atoms with Crippen molar-refractivity contribution < 1.29 is 18.0 Å². The normalized spacial score (nSPS) is 11.3. The van der Waals surface area contributed by atoms with Gasteiger partial charge >= 0.3 is 0 Å². The van der Waals surface area contributed by atoms with Crippen molar-refractivity contribution in [2.24, 2.45) is 0 Å². The maximum absolute atomic E-state index is 12.3. The Morgan fingerprint density at radius 3 is 2.22 bits per heavy atom. The highest BCUT2D eigenvalue weighted by Gasteiger charge is 2.20. The summed E-state index contributed by atoms with van der Waals surface area (Å²) in [7, 11) is -0.729. The number of hydrogen-bond donors (Lipinski definition) is 2. The van der Waals surface area contributed by atoms with E-state index in [1.54, 1.807) is 31.2 Å². The minimum Gasteiger partial charge on any atom is -0.343 e. The van der Waals surface area contributed by atoms with Gasteiger partial charge in [0.15, 0.2) is 0 Å². The van der Waals surface area contributed by atoms with Gasteiger partial charge in [-0.3, -0.25) is 9.59 Å². The predicted octanol–water partition coefficient (Wildman–Crippen LogP) is 1.92. The molecule has 0 spiro atoms. The first kappa shape index (κ1) is 20.6. The Hall–Kier alpha value is -2.71. The molecule has 0 atom stereocenters. The van der Waals surface area contributed by atoms with Crippen LogP contribution in [0.4, 0.5) is 5.69 Å². The summed E-state index contributed by atoms with van der Waals surface area (Å²) in [5.74, 6) is -0.808. The molecular weight excluding hydrogens is 366 g/mol. The summed E-state index contributed by atoms with van der Waals surface area (Å²) in [4.78, 5) is 24.3. The molecule has 0 aromatic heterocycles. The molecule has 0 heterocycles. The maximum atomic E-state index is 12.3. The van der Waals surface area contributed by atoms with Gasteiger partial charge in [0, 0.05) is 25.3 Å². The average Bonchev–Trinajstić information content (AvgIpc) is 2.61. The number of hydrogen-bond acceptors (Lipinski definition) is 4. The summed E-state index contributed by atoms with van der Waals surface area (Å²) in [5.41, 5.74) is 2.42. The topological polar surface area (TPSA) is 95.6 Å². The van der Waals surface area contributed by atoms with Crippen LogP contribution in [-0.2, 0) is 14.8 Å². The van der Waals surface area contributed by atoms with Gasteiger partial charge in [-0.1, -0.05) is 23.8 Å². The lowest BCUT2D eigenvalue weighted by Gasteiger charge is -2.15. The Morgan fingerprint density at radius 2 is 1.63 bits per heavy atom. The summed E-state index contributed by atoms with van der Waals surface area (Å²) in [6, 6.07) is 11.6. The number of anilines is 1. The van der Waals surface area contributed by atoms with E-state index in [9.17, 15) is 18.0 Å². The number of aryl methyl sites for hydroxylation is 2. The van der Waals surface area contributed by atoms with Crippen molar-refractivity contribution in [3.63, 3.8) is 0 Å². The molecule has 144 valence electrons. The van der Waals surface area contributed by atoms with Crippen LogP contribution in [0.15, 0.2) is 47.4 Å². The van der Waals surface area contributed by atoms with Crippen LogP contribution in [0.3, 0.4) is 0 Å². The van der Waals surface area contributed by atoms with Crippen molar-refractivity contribution in [1.29, 1.82) is 0 Å². The molecule has 0 saturated heterocycles. The van der Waals surface area contributed by atoms with E-state index in [-0.39, 0.29) is 17.3 Å². The van der Waals surface area contributed by atoms with Gasteiger partial charge in [-0.15, -0.1) is 0 Å². The highest BCUT2D eigenvalue weighted by atomic mass is 32.2. The van der Waals surface area contributed by atoms with Gasteiger partial charge in [-0.05, 0) is 43.7 Å². The predicted molar refractivity (Wildman–Crippen MR) is 104 cm³/mol. The lowest BCUT2D eigenvalue weighted by atomic mass is 10.1. The fourth-order valence-electron chi connectivity index (χ4n) is 2.33. The fourth-order valence-corrected chi connectivity index (χ4v) is 3.47. The molecule has 0 radical (unpaired) electrons. The van der Waals surface area contributed by atoms with E-state index in [4.69, 9.17) is 0 Å². The summed E-state index contributed by atoms with van der Waals surface area (Å²) < 4.78 is 25.8. The molecule has 27 heavy (non-hydrogen) atoms. The van der Waals surface area contributed by atoms with Crippen LogP contribution in [0.25, 0.3) is 0 Å². The lowest BCUT2D eigenvalue weighted by molar-refractivity contribution is -0.115. The fraction of sp³-hybridized carbons (Fsp3) is 0.263. The molecule has 0 fully saturated rings. The molecule has 2 amide bonds. The summed E-state index contributed by atoms with van der Waals surface area (Å²) in [5, 5.41) is 5.14. The van der Waals surface area contributed by atoms with Crippen LogP contribution in [0.2, 0.25) is 0 Å². The highest BCUT2D eigenvalue weighted by molar-refractivity contribution is 7.89. The minimum atomic E-state index is -3.62. The van der Waals surface area contributed by atoms with Gasteiger partial charge in [0.05, 0.1) is 11.4 Å². The minimum absolute atomic E-state index is 0.119. The van der Waals surface area contributed by atoms with E-state index in [1.165, 1.54) is 20.2 Å². The van der Waals surface area contributed by atoms with Crippen LogP contribution < -0.4 is 10.6 Å². The number of nitrogens with zero attached hydrogens (tertiary/aromatic N) is 1. The van der Waals surface area contributed by atoms with E-state index in [0.29, 0.717) is 16.8 Å². The first-order valence-corrected chi connectivity index (χ1v) is 9.73. The number of amides is 2. The largest absolute Gasteiger partial charge is 0.343 e. The van der Waals surface area contributed by atoms with Crippen LogP contribution in [0, 0.1) is 13.8 Å². The van der Waals surface area contributed by atoms with Gasteiger partial charge in [-0.25, -0.2) is 12.7 Å². The number of benzene rings is 2. The third-order valence-electron chi connectivity index (χ3n) is 3.95. The Bertz CT molecular complexity index is 951. The van der Waals surface area contributed by atoms with Gasteiger partial charge in [0.2, 0.25) is 15.9 Å². The molecule has 0 saturated carbocycles. The molecule has 2 N–H and O–H groups in total. The standard InChI is InChI=1S/C19H23N3O4S/c1-13-5-8-15(9-6-13)19(24)20-12-18(23)21-16-10-7-14(2)17(11-16)27(25,26)22(3)4/h5-11H,12H2,1-4H3,(H,20,24)(H,21,23). The highest BCUT2D eigenvalue weighted by Crippen LogP contribution is 2.22. The van der Waals surface area contributed by atoms with Gasteiger partial charge in [0.1, 0.15) is 0 Å². The number of sulfonamides is 1. The number of carbonyl (C=O) groups excluding carboxylic acids is 2. The second-order valence-electron chi connectivity index (χ2n) is 6.36. The molecule has 0 unspecified atom stereocenters. The van der Waals surface area contributed by atoms with Crippen LogP contribution >= 0.6 is 0 Å². The number of carbonyl (C=O) groups is 2. The SMILES string of the molecule is Cc1ccc(C(=O)NCC(=O)Nc2ccc(C)c(S(=O)(=O)N(C)C)c2)cc1. The van der Waals surface area contributed by atoms with Crippen LogP contribution in [-0.4, -0.2) is 45.2 Å². The van der Waals surface area contributed by atoms with Gasteiger partial charge in [-0.2, -0.15) is 0 Å². The van der Waals surface area contributed by atoms with E-state index in [0.717, 1.165) is 9.87 Å². The first-order valence-electron chi connectivity index (χ1n) is 8.29. The lowest BCUT2D eigenvalue weighted by Crippen LogP contribution is -2.33. The molecule has 8 heteroatoms. The summed E-state index contributed by atoms with van der Waals surface area (Å²) in [6.07, 6.45) is 0. The first-order chi connectivity index (χ1) is 12.6. The molecule has 0 aliphatic carbocycles. The zero-order valence-electron chi connectivity index (χ0n) is 15.7. The third-order valence-corrected chi connectivity index (χ3v) is 5.91. The monoisotopic (exact) mass is 389 g/mol. The molecule has 0 aliphatic rings. The smallest absolute Gasteiger partial charge is 0.251 e. The van der Waals surface area contributed by atoms with Crippen molar-refractivity contribution in [2.45, 2.75) is 18.7 Å². The molecule has 0 aliphatic heterocycles. The van der Waals surface area contributed by atoms with Crippen molar-refractivity contribution in [3.8, 4) is 0 Å². The van der Waals surface area contributed by atoms with Gasteiger partial charge < -0.3 is 10.6 Å². The molecule has 0 bridgehead atoms. The van der Waals surface area contributed by atoms with E-state index in [2.05, 4.69) is 10.6 Å². The van der Waals surface area contributed by atoms with E-state index >= 15 is 0 Å². The van der Waals surface area contributed by atoms with Crippen LogP contribution in [0.5, 0.6) is 0 Å². The summed E-state index contributed by atoms with van der Waals surface area (Å²) >= 11 is 0. The van der Waals surface area contributed by atoms with Crippen molar-refractivity contribution in [3.05, 3.63) is 59.2 Å². The third kappa shape index (κ3) is 5.15. The Labute approximate surface area is 159 Å². The average molecular weight is 389 g/mol. The maximum Gasteiger partial charge on any atom is 0.251 e.